The third kappa shape index (κ3) is 1.19. The molecule has 2 rings (SSSR count). The summed E-state index contributed by atoms with van der Waals surface area (Å²) in [5.41, 5.74) is 6.95. The Morgan fingerprint density at radius 1 is 1.33 bits per heavy atom. The SMILES string of the molecule is Cc1cc(S)cc2cc(N)sc12. The van der Waals surface area contributed by atoms with Crippen LogP contribution in [-0.2, 0) is 0 Å². The van der Waals surface area contributed by atoms with Crippen molar-refractivity contribution in [2.24, 2.45) is 0 Å². The van der Waals surface area contributed by atoms with Crippen LogP contribution in [0.4, 0.5) is 5.00 Å². The van der Waals surface area contributed by atoms with Gasteiger partial charge in [0.1, 0.15) is 0 Å². The van der Waals surface area contributed by atoms with Crippen molar-refractivity contribution in [3.8, 4) is 0 Å². The predicted octanol–water partition coefficient (Wildman–Crippen LogP) is 3.08. The zero-order valence-corrected chi connectivity index (χ0v) is 8.38. The Morgan fingerprint density at radius 3 is 2.83 bits per heavy atom. The maximum absolute atomic E-state index is 5.70. The highest BCUT2D eigenvalue weighted by molar-refractivity contribution is 7.80. The fourth-order valence-electron chi connectivity index (χ4n) is 1.33. The molecular weight excluding hydrogens is 186 g/mol. The normalized spacial score (nSPS) is 10.8. The van der Waals surface area contributed by atoms with E-state index in [9.17, 15) is 0 Å². The van der Waals surface area contributed by atoms with Gasteiger partial charge in [0, 0.05) is 9.60 Å². The summed E-state index contributed by atoms with van der Waals surface area (Å²) in [4.78, 5) is 0.998. The molecule has 1 aromatic heterocycles. The van der Waals surface area contributed by atoms with Crippen LogP contribution >= 0.6 is 24.0 Å². The van der Waals surface area contributed by atoms with Crippen LogP contribution in [0.2, 0.25) is 0 Å². The average molecular weight is 195 g/mol. The fraction of sp³-hybridized carbons (Fsp3) is 0.111. The largest absolute Gasteiger partial charge is 0.391 e. The summed E-state index contributed by atoms with van der Waals surface area (Å²) in [5, 5.41) is 2.06. The van der Waals surface area contributed by atoms with Crippen LogP contribution in [0.3, 0.4) is 0 Å². The van der Waals surface area contributed by atoms with Gasteiger partial charge in [0.05, 0.1) is 5.00 Å². The number of nitrogen functional groups attached to an aromatic ring is 1. The Hall–Kier alpha value is -0.670. The minimum absolute atomic E-state index is 0.868. The molecule has 62 valence electrons. The minimum atomic E-state index is 0.868. The molecule has 0 aliphatic rings. The number of nitrogens with two attached hydrogens (primary N) is 1. The monoisotopic (exact) mass is 195 g/mol. The first kappa shape index (κ1) is 7.95. The highest BCUT2D eigenvalue weighted by Gasteiger charge is 2.02. The smallest absolute Gasteiger partial charge is 0.0868 e. The van der Waals surface area contributed by atoms with Gasteiger partial charge in [0.15, 0.2) is 0 Å². The summed E-state index contributed by atoms with van der Waals surface area (Å²) in [5.74, 6) is 0. The molecule has 0 unspecified atom stereocenters. The van der Waals surface area contributed by atoms with Crippen LogP contribution in [0.15, 0.2) is 23.1 Å². The van der Waals surface area contributed by atoms with Crippen molar-refractivity contribution in [3.05, 3.63) is 23.8 Å². The number of hydrogen-bond acceptors (Lipinski definition) is 3. The number of aryl methyl sites for hydroxylation is 1. The van der Waals surface area contributed by atoms with Crippen molar-refractivity contribution in [1.82, 2.24) is 0 Å². The molecule has 0 saturated carbocycles. The van der Waals surface area contributed by atoms with E-state index in [0.29, 0.717) is 0 Å². The third-order valence-corrected chi connectivity index (χ3v) is 3.18. The van der Waals surface area contributed by atoms with Gasteiger partial charge in [-0.05, 0) is 36.1 Å². The van der Waals surface area contributed by atoms with E-state index in [-0.39, 0.29) is 0 Å². The van der Waals surface area contributed by atoms with E-state index in [1.165, 1.54) is 15.6 Å². The van der Waals surface area contributed by atoms with Crippen molar-refractivity contribution < 1.29 is 0 Å². The number of anilines is 1. The number of thiophene rings is 1. The van der Waals surface area contributed by atoms with Gasteiger partial charge in [-0.1, -0.05) is 0 Å². The first-order valence-corrected chi connectivity index (χ1v) is 4.92. The minimum Gasteiger partial charge on any atom is -0.391 e. The zero-order chi connectivity index (χ0) is 8.72. The second kappa shape index (κ2) is 2.68. The molecule has 0 spiro atoms. The summed E-state index contributed by atoms with van der Waals surface area (Å²) in [6.07, 6.45) is 0. The number of benzene rings is 1. The molecule has 0 aliphatic heterocycles. The van der Waals surface area contributed by atoms with Crippen molar-refractivity contribution in [2.45, 2.75) is 11.8 Å². The van der Waals surface area contributed by atoms with Crippen LogP contribution in [0.1, 0.15) is 5.56 Å². The maximum Gasteiger partial charge on any atom is 0.0868 e. The molecule has 0 amide bonds. The van der Waals surface area contributed by atoms with Crippen LogP contribution in [0, 0.1) is 6.92 Å². The van der Waals surface area contributed by atoms with E-state index in [1.807, 2.05) is 12.1 Å². The van der Waals surface area contributed by atoms with Crippen molar-refractivity contribution >= 4 is 39.1 Å². The molecule has 0 saturated heterocycles. The Bertz CT molecular complexity index is 431. The van der Waals surface area contributed by atoms with E-state index >= 15 is 0 Å². The first-order chi connectivity index (χ1) is 5.66. The van der Waals surface area contributed by atoms with E-state index in [0.717, 1.165) is 9.90 Å². The molecule has 1 nitrogen and oxygen atoms in total. The molecule has 3 heteroatoms. The van der Waals surface area contributed by atoms with E-state index in [1.54, 1.807) is 11.3 Å². The summed E-state index contributed by atoms with van der Waals surface area (Å²) >= 11 is 5.93. The number of rotatable bonds is 0. The summed E-state index contributed by atoms with van der Waals surface area (Å²) in [6, 6.07) is 6.09. The molecule has 0 fully saturated rings. The van der Waals surface area contributed by atoms with Gasteiger partial charge in [-0.2, -0.15) is 0 Å². The molecule has 2 aromatic rings. The predicted molar refractivity (Wildman–Crippen MR) is 58.2 cm³/mol. The zero-order valence-electron chi connectivity index (χ0n) is 6.66. The quantitative estimate of drug-likeness (QED) is 0.621. The van der Waals surface area contributed by atoms with Gasteiger partial charge in [-0.15, -0.1) is 24.0 Å². The molecule has 0 aliphatic carbocycles. The fourth-order valence-corrected chi connectivity index (χ4v) is 2.54. The van der Waals surface area contributed by atoms with Gasteiger partial charge in [0.25, 0.3) is 0 Å². The molecule has 0 bridgehead atoms. The highest BCUT2D eigenvalue weighted by Crippen LogP contribution is 2.31. The standard InChI is InChI=1S/C9H9NS2/c1-5-2-7(11)3-6-4-8(10)12-9(5)6/h2-4,11H,10H2,1H3. The lowest BCUT2D eigenvalue weighted by molar-refractivity contribution is 1.44. The molecule has 1 heterocycles. The lowest BCUT2D eigenvalue weighted by atomic mass is 10.2. The average Bonchev–Trinajstić information content (AvgIpc) is 2.29. The number of thiol groups is 1. The Labute approximate surface area is 80.6 Å². The maximum atomic E-state index is 5.70. The van der Waals surface area contributed by atoms with Gasteiger partial charge in [-0.25, -0.2) is 0 Å². The molecule has 12 heavy (non-hydrogen) atoms. The molecule has 2 N–H and O–H groups in total. The lowest BCUT2D eigenvalue weighted by Crippen LogP contribution is -1.73. The molecule has 0 radical (unpaired) electrons. The number of hydrogen-bond donors (Lipinski definition) is 2. The number of fused-ring (bicyclic) bond motifs is 1. The Kier molecular flexibility index (Phi) is 1.77. The van der Waals surface area contributed by atoms with Crippen molar-refractivity contribution in [2.75, 3.05) is 5.73 Å². The highest BCUT2D eigenvalue weighted by atomic mass is 32.1. The Morgan fingerprint density at radius 2 is 2.08 bits per heavy atom. The summed E-state index contributed by atoms with van der Waals surface area (Å²) in [6.45, 7) is 2.08. The molecular formula is C9H9NS2. The van der Waals surface area contributed by atoms with E-state index in [4.69, 9.17) is 5.73 Å². The van der Waals surface area contributed by atoms with Gasteiger partial charge < -0.3 is 5.73 Å². The van der Waals surface area contributed by atoms with Crippen LogP contribution in [-0.4, -0.2) is 0 Å². The summed E-state index contributed by atoms with van der Waals surface area (Å²) < 4.78 is 1.27. The second-order valence-electron chi connectivity index (χ2n) is 2.83. The van der Waals surface area contributed by atoms with Crippen molar-refractivity contribution in [1.29, 1.82) is 0 Å². The Balaban J connectivity index is 2.88. The van der Waals surface area contributed by atoms with Crippen molar-refractivity contribution in [3.63, 3.8) is 0 Å². The van der Waals surface area contributed by atoms with E-state index < -0.39 is 0 Å². The van der Waals surface area contributed by atoms with Crippen LogP contribution in [0.25, 0.3) is 10.1 Å². The molecule has 0 atom stereocenters. The van der Waals surface area contributed by atoms with Gasteiger partial charge in [0.2, 0.25) is 0 Å². The second-order valence-corrected chi connectivity index (χ2v) is 4.43. The van der Waals surface area contributed by atoms with Gasteiger partial charge in [-0.3, -0.25) is 0 Å². The third-order valence-electron chi connectivity index (χ3n) is 1.81. The van der Waals surface area contributed by atoms with Gasteiger partial charge >= 0.3 is 0 Å². The van der Waals surface area contributed by atoms with Crippen LogP contribution in [0.5, 0.6) is 0 Å². The first-order valence-electron chi connectivity index (χ1n) is 3.65. The summed E-state index contributed by atoms with van der Waals surface area (Å²) in [7, 11) is 0. The lowest BCUT2D eigenvalue weighted by Gasteiger charge is -1.96. The van der Waals surface area contributed by atoms with Crippen LogP contribution < -0.4 is 5.73 Å². The topological polar surface area (TPSA) is 26.0 Å². The molecule has 1 aromatic carbocycles. The van der Waals surface area contributed by atoms with E-state index in [2.05, 4.69) is 25.6 Å².